The van der Waals surface area contributed by atoms with Crippen LogP contribution in [-0.4, -0.2) is 79.0 Å². The average molecular weight is 587 g/mol. The highest BCUT2D eigenvalue weighted by molar-refractivity contribution is 8.13. The molecule has 0 aromatic heterocycles. The quantitative estimate of drug-likeness (QED) is 0.0945. The lowest BCUT2D eigenvalue weighted by Crippen LogP contribution is -2.46. The Balaban J connectivity index is 4.07. The number of thioether (sulfide) groups is 2. The molecule has 0 atom stereocenters. The largest absolute Gasteiger partial charge is 0.500 e. The zero-order valence-corrected chi connectivity index (χ0v) is 27.0. The first-order valence-electron chi connectivity index (χ1n) is 13.5. The molecule has 12 heteroatoms. The minimum absolute atomic E-state index is 0.177. The van der Waals surface area contributed by atoms with Crippen LogP contribution in [0, 0.1) is 0 Å². The van der Waals surface area contributed by atoms with Crippen molar-refractivity contribution in [2.75, 3.05) is 51.1 Å². The van der Waals surface area contributed by atoms with Crippen LogP contribution in [0.25, 0.3) is 0 Å². The predicted octanol–water partition coefficient (Wildman–Crippen LogP) is 5.94. The van der Waals surface area contributed by atoms with Gasteiger partial charge in [-0.2, -0.15) is 0 Å². The first-order valence-corrected chi connectivity index (χ1v) is 19.3. The summed E-state index contributed by atoms with van der Waals surface area (Å²) < 4.78 is 35.1. The van der Waals surface area contributed by atoms with E-state index in [1.807, 2.05) is 41.5 Å². The van der Waals surface area contributed by atoms with Crippen LogP contribution in [0.2, 0.25) is 12.1 Å². The summed E-state index contributed by atoms with van der Waals surface area (Å²) >= 11 is 2.71. The Bertz CT molecular complexity index is 490. The van der Waals surface area contributed by atoms with Crippen LogP contribution in [0.5, 0.6) is 0 Å². The SMILES string of the molecule is CCO[Si](CCCSC(=O)CCCCC(=O)SCCC[Si](OCC)(OCC)OCC)(OCC)OCC. The number of carbonyl (C=O) groups is 2. The van der Waals surface area contributed by atoms with E-state index < -0.39 is 17.6 Å². The first-order chi connectivity index (χ1) is 17.4. The normalized spacial score (nSPS) is 12.3. The topological polar surface area (TPSA) is 89.5 Å². The van der Waals surface area contributed by atoms with Crippen LogP contribution in [0.4, 0.5) is 0 Å². The van der Waals surface area contributed by atoms with Crippen molar-refractivity contribution < 1.29 is 36.1 Å². The number of rotatable bonds is 25. The lowest BCUT2D eigenvalue weighted by molar-refractivity contribution is -0.112. The zero-order valence-electron chi connectivity index (χ0n) is 23.4. The molecule has 36 heavy (non-hydrogen) atoms. The van der Waals surface area contributed by atoms with E-state index in [1.165, 1.54) is 23.5 Å². The van der Waals surface area contributed by atoms with Crippen LogP contribution < -0.4 is 0 Å². The minimum Gasteiger partial charge on any atom is -0.374 e. The molecule has 0 unspecified atom stereocenters. The molecule has 0 radical (unpaired) electrons. The minimum atomic E-state index is -2.63. The van der Waals surface area contributed by atoms with Crippen LogP contribution >= 0.6 is 23.5 Å². The van der Waals surface area contributed by atoms with E-state index in [9.17, 15) is 9.59 Å². The molecular weight excluding hydrogens is 537 g/mol. The summed E-state index contributed by atoms with van der Waals surface area (Å²) in [5.74, 6) is 1.46. The Kier molecular flexibility index (Phi) is 23.3. The molecule has 0 N–H and O–H groups in total. The molecule has 214 valence electrons. The molecule has 0 rings (SSSR count). The summed E-state index contributed by atoms with van der Waals surface area (Å²) in [7, 11) is -5.26. The molecule has 0 aliphatic carbocycles. The summed E-state index contributed by atoms with van der Waals surface area (Å²) in [4.78, 5) is 24.4. The van der Waals surface area contributed by atoms with Crippen molar-refractivity contribution in [3.63, 3.8) is 0 Å². The zero-order chi connectivity index (χ0) is 27.1. The van der Waals surface area contributed by atoms with Gasteiger partial charge in [0.2, 0.25) is 0 Å². The van der Waals surface area contributed by atoms with E-state index >= 15 is 0 Å². The third-order valence-corrected chi connectivity index (χ3v) is 13.3. The molecule has 8 nitrogen and oxygen atoms in total. The summed E-state index contributed by atoms with van der Waals surface area (Å²) in [5, 5.41) is 0.353. The summed E-state index contributed by atoms with van der Waals surface area (Å²) in [6.45, 7) is 15.0. The van der Waals surface area contributed by atoms with Gasteiger partial charge in [0.15, 0.2) is 10.2 Å². The Labute approximate surface area is 230 Å². The maximum absolute atomic E-state index is 12.2. The maximum atomic E-state index is 12.2. The third-order valence-electron chi connectivity index (χ3n) is 4.98. The van der Waals surface area contributed by atoms with Crippen LogP contribution in [-0.2, 0) is 36.1 Å². The van der Waals surface area contributed by atoms with Crippen molar-refractivity contribution in [3.8, 4) is 0 Å². The van der Waals surface area contributed by atoms with Gasteiger partial charge in [0.05, 0.1) is 0 Å². The van der Waals surface area contributed by atoms with E-state index in [4.69, 9.17) is 26.6 Å². The van der Waals surface area contributed by atoms with Gasteiger partial charge in [0.1, 0.15) is 0 Å². The van der Waals surface area contributed by atoms with E-state index in [0.717, 1.165) is 49.3 Å². The third kappa shape index (κ3) is 16.9. The van der Waals surface area contributed by atoms with Gasteiger partial charge >= 0.3 is 17.6 Å². The van der Waals surface area contributed by atoms with Gasteiger partial charge in [-0.3, -0.25) is 9.59 Å². The molecule has 0 saturated heterocycles. The maximum Gasteiger partial charge on any atom is 0.500 e. The molecule has 0 saturated carbocycles. The van der Waals surface area contributed by atoms with Crippen LogP contribution in [0.15, 0.2) is 0 Å². The van der Waals surface area contributed by atoms with Crippen molar-refractivity contribution in [1.29, 1.82) is 0 Å². The monoisotopic (exact) mass is 586 g/mol. The highest BCUT2D eigenvalue weighted by atomic mass is 32.2. The van der Waals surface area contributed by atoms with Crippen molar-refractivity contribution in [1.82, 2.24) is 0 Å². The molecule has 0 aromatic rings. The lowest BCUT2D eigenvalue weighted by atomic mass is 10.2. The lowest BCUT2D eigenvalue weighted by Gasteiger charge is -2.28. The molecule has 0 aliphatic rings. The van der Waals surface area contributed by atoms with Gasteiger partial charge in [-0.25, -0.2) is 0 Å². The Morgan fingerprint density at radius 2 is 0.778 bits per heavy atom. The van der Waals surface area contributed by atoms with Crippen molar-refractivity contribution in [2.24, 2.45) is 0 Å². The smallest absolute Gasteiger partial charge is 0.374 e. The molecule has 0 amide bonds. The highest BCUT2D eigenvalue weighted by Gasteiger charge is 2.40. The Morgan fingerprint density at radius 1 is 0.500 bits per heavy atom. The molecule has 0 fully saturated rings. The van der Waals surface area contributed by atoms with Crippen molar-refractivity contribution in [2.45, 2.75) is 92.2 Å². The number of unbranched alkanes of at least 4 members (excludes halogenated alkanes) is 1. The van der Waals surface area contributed by atoms with Crippen molar-refractivity contribution >= 4 is 51.4 Å². The van der Waals surface area contributed by atoms with Crippen LogP contribution in [0.1, 0.15) is 80.1 Å². The Hall–Kier alpha value is 0.234. The fraction of sp³-hybridized carbons (Fsp3) is 0.917. The predicted molar refractivity (Wildman–Crippen MR) is 154 cm³/mol. The van der Waals surface area contributed by atoms with Gasteiger partial charge in [0.25, 0.3) is 0 Å². The second-order valence-electron chi connectivity index (χ2n) is 7.82. The van der Waals surface area contributed by atoms with Gasteiger partial charge < -0.3 is 26.6 Å². The second-order valence-corrected chi connectivity index (χ2v) is 15.6. The standard InChI is InChI=1S/C24H50O8S2Si2/c1-7-27-35(28-8-2,29-9-3)21-15-19-33-23(25)17-13-14-18-24(26)34-20-16-22-36(30-10-4,31-11-5)32-12-6/h7-22H2,1-6H3. The van der Waals surface area contributed by atoms with Crippen LogP contribution in [0.3, 0.4) is 0 Å². The van der Waals surface area contributed by atoms with E-state index in [-0.39, 0.29) is 10.2 Å². The van der Waals surface area contributed by atoms with Crippen molar-refractivity contribution in [3.05, 3.63) is 0 Å². The van der Waals surface area contributed by atoms with E-state index in [0.29, 0.717) is 52.5 Å². The molecular formula is C24H50O8S2Si2. The summed E-state index contributed by atoms with van der Waals surface area (Å²) in [6, 6.07) is 1.44. The molecule has 0 aliphatic heterocycles. The summed E-state index contributed by atoms with van der Waals surface area (Å²) in [5.41, 5.74) is 0. The number of carbonyl (C=O) groups excluding carboxylic acids is 2. The molecule has 0 spiro atoms. The molecule has 0 aromatic carbocycles. The van der Waals surface area contributed by atoms with Gasteiger partial charge in [-0.05, 0) is 67.2 Å². The second kappa shape index (κ2) is 23.1. The molecule has 0 heterocycles. The first kappa shape index (κ1) is 36.2. The number of hydrogen-bond acceptors (Lipinski definition) is 10. The van der Waals surface area contributed by atoms with Gasteiger partial charge in [-0.15, -0.1) is 0 Å². The number of hydrogen-bond donors (Lipinski definition) is 0. The highest BCUT2D eigenvalue weighted by Crippen LogP contribution is 2.23. The van der Waals surface area contributed by atoms with E-state index in [1.54, 1.807) is 0 Å². The fourth-order valence-corrected chi connectivity index (χ4v) is 11.0. The van der Waals surface area contributed by atoms with Gasteiger partial charge in [0, 0.05) is 76.1 Å². The fourth-order valence-electron chi connectivity index (χ4n) is 3.63. The Morgan fingerprint density at radius 3 is 1.03 bits per heavy atom. The van der Waals surface area contributed by atoms with E-state index in [2.05, 4.69) is 0 Å². The van der Waals surface area contributed by atoms with Gasteiger partial charge in [-0.1, -0.05) is 23.5 Å². The average Bonchev–Trinajstić information content (AvgIpc) is 2.83. The molecule has 0 bridgehead atoms. The summed E-state index contributed by atoms with van der Waals surface area (Å²) in [6.07, 6.45) is 4.11.